The van der Waals surface area contributed by atoms with Gasteiger partial charge in [-0.2, -0.15) is 0 Å². The molecule has 1 aliphatic rings. The van der Waals surface area contributed by atoms with Gasteiger partial charge in [0.05, 0.1) is 6.61 Å². The predicted molar refractivity (Wildman–Crippen MR) is 67.1 cm³/mol. The molecule has 1 aliphatic carbocycles. The van der Waals surface area contributed by atoms with Crippen molar-refractivity contribution in [1.29, 1.82) is 0 Å². The fourth-order valence-electron chi connectivity index (χ4n) is 2.00. The largest absolute Gasteiger partial charge is 0.478 e. The molecule has 17 heavy (non-hydrogen) atoms. The molecule has 0 saturated heterocycles. The SMILES string of the molecule is CCCOc1cc(CC(NC)C2CC2)ncn1. The Morgan fingerprint density at radius 3 is 2.94 bits per heavy atom. The summed E-state index contributed by atoms with van der Waals surface area (Å²) in [6.07, 6.45) is 6.25. The number of nitrogens with zero attached hydrogens (tertiary/aromatic N) is 2. The van der Waals surface area contributed by atoms with Crippen molar-refractivity contribution in [2.75, 3.05) is 13.7 Å². The highest BCUT2D eigenvalue weighted by Crippen LogP contribution is 2.33. The molecule has 0 aromatic carbocycles. The number of hydrogen-bond acceptors (Lipinski definition) is 4. The van der Waals surface area contributed by atoms with Crippen molar-refractivity contribution in [3.8, 4) is 5.88 Å². The Kier molecular flexibility index (Phi) is 4.31. The number of likely N-dealkylation sites (N-methyl/N-ethyl adjacent to an activating group) is 1. The topological polar surface area (TPSA) is 47.0 Å². The van der Waals surface area contributed by atoms with E-state index in [-0.39, 0.29) is 0 Å². The van der Waals surface area contributed by atoms with Crippen LogP contribution >= 0.6 is 0 Å². The zero-order chi connectivity index (χ0) is 12.1. The summed E-state index contributed by atoms with van der Waals surface area (Å²) in [4.78, 5) is 8.43. The van der Waals surface area contributed by atoms with E-state index >= 15 is 0 Å². The summed E-state index contributed by atoms with van der Waals surface area (Å²) in [5.41, 5.74) is 1.07. The zero-order valence-corrected chi connectivity index (χ0v) is 10.6. The van der Waals surface area contributed by atoms with E-state index < -0.39 is 0 Å². The van der Waals surface area contributed by atoms with Gasteiger partial charge in [-0.3, -0.25) is 0 Å². The molecule has 0 aliphatic heterocycles. The van der Waals surface area contributed by atoms with Crippen LogP contribution in [0, 0.1) is 5.92 Å². The van der Waals surface area contributed by atoms with Crippen molar-refractivity contribution < 1.29 is 4.74 Å². The third-order valence-electron chi connectivity index (χ3n) is 3.14. The Balaban J connectivity index is 1.94. The van der Waals surface area contributed by atoms with Gasteiger partial charge in [-0.1, -0.05) is 6.92 Å². The van der Waals surface area contributed by atoms with Crippen LogP contribution < -0.4 is 10.1 Å². The van der Waals surface area contributed by atoms with Gasteiger partial charge in [0.1, 0.15) is 6.33 Å². The van der Waals surface area contributed by atoms with Gasteiger partial charge in [0, 0.05) is 24.2 Å². The average Bonchev–Trinajstić information content (AvgIpc) is 3.18. The molecule has 1 saturated carbocycles. The lowest BCUT2D eigenvalue weighted by Gasteiger charge is -2.14. The minimum atomic E-state index is 0.545. The summed E-state index contributed by atoms with van der Waals surface area (Å²) >= 11 is 0. The Labute approximate surface area is 103 Å². The summed E-state index contributed by atoms with van der Waals surface area (Å²) in [7, 11) is 2.03. The lowest BCUT2D eigenvalue weighted by molar-refractivity contribution is 0.304. The summed E-state index contributed by atoms with van der Waals surface area (Å²) in [5.74, 6) is 1.53. The molecule has 0 spiro atoms. The van der Waals surface area contributed by atoms with E-state index in [1.54, 1.807) is 6.33 Å². The van der Waals surface area contributed by atoms with Crippen LogP contribution in [0.3, 0.4) is 0 Å². The molecular weight excluding hydrogens is 214 g/mol. The first kappa shape index (κ1) is 12.3. The van der Waals surface area contributed by atoms with Gasteiger partial charge in [0.2, 0.25) is 5.88 Å². The van der Waals surface area contributed by atoms with Gasteiger partial charge < -0.3 is 10.1 Å². The molecule has 1 aromatic rings. The molecule has 1 fully saturated rings. The molecule has 0 radical (unpaired) electrons. The Morgan fingerprint density at radius 2 is 2.29 bits per heavy atom. The molecular formula is C13H21N3O. The van der Waals surface area contributed by atoms with Crippen LogP contribution in [0.25, 0.3) is 0 Å². The van der Waals surface area contributed by atoms with Crippen LogP contribution in [-0.4, -0.2) is 29.7 Å². The van der Waals surface area contributed by atoms with Crippen molar-refractivity contribution >= 4 is 0 Å². The van der Waals surface area contributed by atoms with E-state index in [4.69, 9.17) is 4.74 Å². The van der Waals surface area contributed by atoms with E-state index in [0.29, 0.717) is 18.5 Å². The first-order valence-corrected chi connectivity index (χ1v) is 6.44. The van der Waals surface area contributed by atoms with E-state index in [1.165, 1.54) is 12.8 Å². The summed E-state index contributed by atoms with van der Waals surface area (Å²) in [6.45, 7) is 2.81. The summed E-state index contributed by atoms with van der Waals surface area (Å²) in [6, 6.07) is 2.51. The molecule has 0 bridgehead atoms. The maximum atomic E-state index is 5.52. The van der Waals surface area contributed by atoms with Gasteiger partial charge in [-0.15, -0.1) is 0 Å². The number of nitrogens with one attached hydrogen (secondary N) is 1. The lowest BCUT2D eigenvalue weighted by atomic mass is 10.1. The second-order valence-electron chi connectivity index (χ2n) is 4.63. The first-order chi connectivity index (χ1) is 8.33. The number of rotatable bonds is 7. The quantitative estimate of drug-likeness (QED) is 0.783. The molecule has 1 heterocycles. The molecule has 4 nitrogen and oxygen atoms in total. The van der Waals surface area contributed by atoms with Gasteiger partial charge >= 0.3 is 0 Å². The third-order valence-corrected chi connectivity index (χ3v) is 3.14. The minimum Gasteiger partial charge on any atom is -0.478 e. The molecule has 1 unspecified atom stereocenters. The van der Waals surface area contributed by atoms with E-state index in [9.17, 15) is 0 Å². The van der Waals surface area contributed by atoms with Gasteiger partial charge in [0.25, 0.3) is 0 Å². The molecule has 1 atom stereocenters. The maximum absolute atomic E-state index is 5.52. The lowest BCUT2D eigenvalue weighted by Crippen LogP contribution is -2.30. The maximum Gasteiger partial charge on any atom is 0.216 e. The smallest absolute Gasteiger partial charge is 0.216 e. The highest BCUT2D eigenvalue weighted by atomic mass is 16.5. The van der Waals surface area contributed by atoms with Crippen molar-refractivity contribution in [3.05, 3.63) is 18.1 Å². The second kappa shape index (κ2) is 5.96. The van der Waals surface area contributed by atoms with Crippen molar-refractivity contribution in [1.82, 2.24) is 15.3 Å². The molecule has 1 aromatic heterocycles. The van der Waals surface area contributed by atoms with Gasteiger partial charge in [-0.05, 0) is 32.2 Å². The highest BCUT2D eigenvalue weighted by molar-refractivity contribution is 5.15. The van der Waals surface area contributed by atoms with Crippen LogP contribution in [0.5, 0.6) is 5.88 Å². The third kappa shape index (κ3) is 3.66. The van der Waals surface area contributed by atoms with E-state index in [1.807, 2.05) is 13.1 Å². The first-order valence-electron chi connectivity index (χ1n) is 6.44. The average molecular weight is 235 g/mol. The molecule has 4 heteroatoms. The summed E-state index contributed by atoms with van der Waals surface area (Å²) < 4.78 is 5.52. The molecule has 1 N–H and O–H groups in total. The zero-order valence-electron chi connectivity index (χ0n) is 10.6. The Morgan fingerprint density at radius 1 is 1.47 bits per heavy atom. The second-order valence-corrected chi connectivity index (χ2v) is 4.63. The fraction of sp³-hybridized carbons (Fsp3) is 0.692. The number of aromatic nitrogens is 2. The predicted octanol–water partition coefficient (Wildman–Crippen LogP) is 1.81. The van der Waals surface area contributed by atoms with Crippen LogP contribution in [0.15, 0.2) is 12.4 Å². The molecule has 0 amide bonds. The number of hydrogen-bond donors (Lipinski definition) is 1. The van der Waals surface area contributed by atoms with Crippen molar-refractivity contribution in [2.45, 2.75) is 38.6 Å². The molecule has 94 valence electrons. The normalized spacial score (nSPS) is 16.8. The standard InChI is InChI=1S/C13H21N3O/c1-3-6-17-13-8-11(15-9-16-13)7-12(14-2)10-4-5-10/h8-10,12,14H,3-7H2,1-2H3. The van der Waals surface area contributed by atoms with Crippen LogP contribution in [0.4, 0.5) is 0 Å². The summed E-state index contributed by atoms with van der Waals surface area (Å²) in [5, 5.41) is 3.37. The minimum absolute atomic E-state index is 0.545. The Bertz CT molecular complexity index is 352. The monoisotopic (exact) mass is 235 g/mol. The molecule has 2 rings (SSSR count). The van der Waals surface area contributed by atoms with Crippen LogP contribution in [-0.2, 0) is 6.42 Å². The number of ether oxygens (including phenoxy) is 1. The fourth-order valence-corrected chi connectivity index (χ4v) is 2.00. The van der Waals surface area contributed by atoms with Crippen molar-refractivity contribution in [2.24, 2.45) is 5.92 Å². The van der Waals surface area contributed by atoms with E-state index in [0.717, 1.165) is 24.5 Å². The van der Waals surface area contributed by atoms with E-state index in [2.05, 4.69) is 22.2 Å². The van der Waals surface area contributed by atoms with Crippen LogP contribution in [0.2, 0.25) is 0 Å². The van der Waals surface area contributed by atoms with Gasteiger partial charge in [0.15, 0.2) is 0 Å². The van der Waals surface area contributed by atoms with Gasteiger partial charge in [-0.25, -0.2) is 9.97 Å². The highest BCUT2D eigenvalue weighted by Gasteiger charge is 2.30. The van der Waals surface area contributed by atoms with Crippen molar-refractivity contribution in [3.63, 3.8) is 0 Å². The van der Waals surface area contributed by atoms with Crippen LogP contribution in [0.1, 0.15) is 31.9 Å². The Hall–Kier alpha value is -1.16.